The number of carbonyl (C=O) groups excluding carboxylic acids is 4. The van der Waals surface area contributed by atoms with Gasteiger partial charge in [0.05, 0.1) is 50.3 Å². The van der Waals surface area contributed by atoms with Gasteiger partial charge < -0.3 is 17.2 Å². The van der Waals surface area contributed by atoms with Crippen LogP contribution >= 0.6 is 34.8 Å². The molecule has 2 saturated carbocycles. The fourth-order valence-corrected chi connectivity index (χ4v) is 7.78. The maximum Gasteiger partial charge on any atom is 0.228 e. The molecule has 0 saturated heterocycles. The van der Waals surface area contributed by atoms with Crippen LogP contribution in [0.2, 0.25) is 15.3 Å². The Balaban J connectivity index is 0.000000237. The second-order valence-corrected chi connectivity index (χ2v) is 16.7. The van der Waals surface area contributed by atoms with Crippen molar-refractivity contribution < 1.29 is 19.2 Å². The van der Waals surface area contributed by atoms with E-state index in [2.05, 4.69) is 29.9 Å². The van der Waals surface area contributed by atoms with E-state index in [-0.39, 0.29) is 43.5 Å². The minimum Gasteiger partial charge on any atom is -0.397 e. The third-order valence-corrected chi connectivity index (χ3v) is 11.9. The average molecular weight is 939 g/mol. The molecule has 16 heteroatoms. The van der Waals surface area contributed by atoms with Gasteiger partial charge in [-0.2, -0.15) is 0 Å². The minimum atomic E-state index is -0.518. The van der Waals surface area contributed by atoms with Crippen molar-refractivity contribution in [1.29, 1.82) is 0 Å². The van der Waals surface area contributed by atoms with Crippen LogP contribution < -0.4 is 17.2 Å². The van der Waals surface area contributed by atoms with Crippen molar-refractivity contribution in [3.05, 3.63) is 169 Å². The Morgan fingerprint density at radius 2 is 1.03 bits per heavy atom. The summed E-state index contributed by atoms with van der Waals surface area (Å²) < 4.78 is 0. The second kappa shape index (κ2) is 22.7. The number of pyridine rings is 2. The first kappa shape index (κ1) is 51.5. The molecule has 0 bridgehead atoms. The maximum absolute atomic E-state index is 12.0. The van der Waals surface area contributed by atoms with Crippen molar-refractivity contribution in [2.75, 3.05) is 5.73 Å². The molecule has 0 aliphatic heterocycles. The molecule has 2 aliphatic rings. The molecule has 65 heavy (non-hydrogen) atoms. The summed E-state index contributed by atoms with van der Waals surface area (Å²) in [5, 5.41) is 1.20. The van der Waals surface area contributed by atoms with Crippen LogP contribution in [0.3, 0.4) is 0 Å². The third-order valence-electron chi connectivity index (χ3n) is 11.1. The number of benzene rings is 2. The predicted molar refractivity (Wildman–Crippen MR) is 256 cm³/mol. The van der Waals surface area contributed by atoms with Crippen LogP contribution in [0.4, 0.5) is 5.69 Å². The molecule has 4 aromatic heterocycles. The highest BCUT2D eigenvalue weighted by Crippen LogP contribution is 2.50. The standard InChI is InChI=1S/C24H23ClN4O2.C16H15Cl2N3O.C7H8N2O.2CH4/c1-15(30)20-8-6-16(13-27-20)12-22-28-14-19(25)21(29-22)9-7-17-4-2-3-5-18(17)24(10-11-24)23(26)31;17-12-9-20-15(18)21-13(12)6-5-10-3-1-2-4-11(10)16(7-8-16)14(19)22;1-5(10)7-3-2-6(8)4-9-7;;/h2-6,8,13-14H,7,9-12H2,1H3,(H2,26,31);1-4,9H,5-8H2,(H2,19,22);2-4H,8H2,1H3;2*1H4. The van der Waals surface area contributed by atoms with Gasteiger partial charge in [-0.3, -0.25) is 29.1 Å². The van der Waals surface area contributed by atoms with Crippen molar-refractivity contribution in [3.63, 3.8) is 0 Å². The Morgan fingerprint density at radius 3 is 1.46 bits per heavy atom. The van der Waals surface area contributed by atoms with Gasteiger partial charge in [0.1, 0.15) is 17.2 Å². The van der Waals surface area contributed by atoms with Gasteiger partial charge in [0.15, 0.2) is 11.6 Å². The van der Waals surface area contributed by atoms with Gasteiger partial charge in [0.2, 0.25) is 17.1 Å². The largest absolute Gasteiger partial charge is 0.397 e. The number of primary amides is 2. The number of nitrogen functional groups attached to an aromatic ring is 1. The molecule has 340 valence electrons. The number of hydrogen-bond acceptors (Lipinski definition) is 11. The lowest BCUT2D eigenvalue weighted by Crippen LogP contribution is -2.29. The van der Waals surface area contributed by atoms with Crippen LogP contribution in [-0.4, -0.2) is 53.3 Å². The van der Waals surface area contributed by atoms with Crippen molar-refractivity contribution in [3.8, 4) is 0 Å². The molecule has 2 amide bonds. The number of Topliss-reactive ketones (excluding diaryl/α,β-unsaturated/α-hetero) is 2. The second-order valence-electron chi connectivity index (χ2n) is 15.5. The SMILES string of the molecule is C.C.CC(=O)c1ccc(Cc2ncc(Cl)c(CCc3ccccc3C3(C(N)=O)CC3)n2)cn1.CC(=O)c1ccc(N)cn1.NC(=O)C1(c2ccccc2CCc2nc(Cl)ncc2Cl)CC1. The first-order valence-electron chi connectivity index (χ1n) is 20.2. The van der Waals surface area contributed by atoms with Gasteiger partial charge >= 0.3 is 0 Å². The summed E-state index contributed by atoms with van der Waals surface area (Å²) in [6.45, 7) is 2.96. The van der Waals surface area contributed by atoms with Crippen LogP contribution in [0.15, 0.2) is 97.6 Å². The highest BCUT2D eigenvalue weighted by molar-refractivity contribution is 6.32. The van der Waals surface area contributed by atoms with E-state index < -0.39 is 10.8 Å². The van der Waals surface area contributed by atoms with E-state index >= 15 is 0 Å². The fourth-order valence-electron chi connectivity index (χ4n) is 7.25. The zero-order valence-corrected chi connectivity index (χ0v) is 37.1. The molecule has 2 fully saturated rings. The quantitative estimate of drug-likeness (QED) is 0.0691. The summed E-state index contributed by atoms with van der Waals surface area (Å²) in [4.78, 5) is 70.8. The number of aromatic nitrogens is 6. The Labute approximate surface area is 395 Å². The van der Waals surface area contributed by atoms with Gasteiger partial charge in [-0.05, 0) is 109 Å². The Hall–Kier alpha value is -6.15. The van der Waals surface area contributed by atoms with E-state index in [1.54, 1.807) is 30.6 Å². The molecule has 2 aliphatic carbocycles. The van der Waals surface area contributed by atoms with E-state index in [0.717, 1.165) is 65.6 Å². The molecule has 2 aromatic carbocycles. The molecule has 13 nitrogen and oxygen atoms in total. The summed E-state index contributed by atoms with van der Waals surface area (Å²) in [6, 6.07) is 22.7. The number of carbonyl (C=O) groups is 4. The Bertz CT molecular complexity index is 2640. The molecular weight excluding hydrogens is 885 g/mol. The smallest absolute Gasteiger partial charge is 0.228 e. The summed E-state index contributed by atoms with van der Waals surface area (Å²) in [5.41, 5.74) is 23.7. The number of nitrogens with two attached hydrogens (primary N) is 3. The van der Waals surface area contributed by atoms with Gasteiger partial charge in [0.25, 0.3) is 0 Å². The van der Waals surface area contributed by atoms with E-state index in [0.29, 0.717) is 64.3 Å². The lowest BCUT2D eigenvalue weighted by molar-refractivity contribution is -0.121. The van der Waals surface area contributed by atoms with E-state index in [4.69, 9.17) is 52.0 Å². The molecule has 4 heterocycles. The molecule has 0 atom stereocenters. The van der Waals surface area contributed by atoms with Crippen LogP contribution in [0, 0.1) is 0 Å². The lowest BCUT2D eigenvalue weighted by atomic mass is 9.88. The topological polar surface area (TPSA) is 224 Å². The maximum atomic E-state index is 12.0. The molecule has 8 rings (SSSR count). The number of aryl methyl sites for hydroxylation is 4. The number of halogens is 3. The van der Waals surface area contributed by atoms with Gasteiger partial charge in [-0.1, -0.05) is 92.7 Å². The van der Waals surface area contributed by atoms with E-state index in [1.165, 1.54) is 26.2 Å². The summed E-state index contributed by atoms with van der Waals surface area (Å²) in [5.74, 6) is 0.0248. The van der Waals surface area contributed by atoms with Crippen molar-refractivity contribution in [1.82, 2.24) is 29.9 Å². The van der Waals surface area contributed by atoms with Gasteiger partial charge in [0, 0.05) is 32.7 Å². The van der Waals surface area contributed by atoms with E-state index in [9.17, 15) is 19.2 Å². The normalized spacial score (nSPS) is 13.5. The molecule has 0 spiro atoms. The van der Waals surface area contributed by atoms with Crippen molar-refractivity contribution in [2.45, 2.75) is 97.3 Å². The molecule has 6 N–H and O–H groups in total. The molecule has 0 unspecified atom stereocenters. The Morgan fingerprint density at radius 1 is 0.569 bits per heavy atom. The fraction of sp³-hybridized carbons (Fsp3) is 0.306. The van der Waals surface area contributed by atoms with Crippen LogP contribution in [0.1, 0.15) is 120 Å². The highest BCUT2D eigenvalue weighted by Gasteiger charge is 2.51. The lowest BCUT2D eigenvalue weighted by Gasteiger charge is -2.16. The molecular formula is C49H54Cl3N9O4. The van der Waals surface area contributed by atoms with Crippen molar-refractivity contribution in [2.24, 2.45) is 11.5 Å². The molecule has 6 aromatic rings. The highest BCUT2D eigenvalue weighted by atomic mass is 35.5. The first-order valence-corrected chi connectivity index (χ1v) is 21.4. The summed E-state index contributed by atoms with van der Waals surface area (Å²) in [7, 11) is 0. The third kappa shape index (κ3) is 13.0. The number of amides is 2. The minimum absolute atomic E-state index is 0. The number of hydrogen-bond donors (Lipinski definition) is 3. The zero-order chi connectivity index (χ0) is 45.3. The van der Waals surface area contributed by atoms with Crippen LogP contribution in [0.25, 0.3) is 0 Å². The number of ketones is 2. The monoisotopic (exact) mass is 937 g/mol. The van der Waals surface area contributed by atoms with Crippen LogP contribution in [0.5, 0.6) is 0 Å². The van der Waals surface area contributed by atoms with Crippen molar-refractivity contribution >= 4 is 63.9 Å². The average Bonchev–Trinajstić information content (AvgIpc) is 4.21. The Kier molecular flexibility index (Phi) is 17.9. The number of nitrogens with zero attached hydrogens (tertiary/aromatic N) is 6. The summed E-state index contributed by atoms with van der Waals surface area (Å²) >= 11 is 18.3. The number of rotatable bonds is 14. The van der Waals surface area contributed by atoms with Gasteiger partial charge in [-0.15, -0.1) is 0 Å². The first-order chi connectivity index (χ1) is 30.1. The predicted octanol–water partition coefficient (Wildman–Crippen LogP) is 8.84. The van der Waals surface area contributed by atoms with E-state index in [1.807, 2.05) is 54.6 Å². The van der Waals surface area contributed by atoms with Crippen LogP contribution in [-0.2, 0) is 52.5 Å². The zero-order valence-electron chi connectivity index (χ0n) is 34.8. The van der Waals surface area contributed by atoms with Gasteiger partial charge in [-0.25, -0.2) is 19.9 Å². The molecule has 0 radical (unpaired) electrons. The number of anilines is 1. The summed E-state index contributed by atoms with van der Waals surface area (Å²) in [6.07, 6.45) is 12.7.